The number of hydrogen-bond acceptors (Lipinski definition) is 7. The highest BCUT2D eigenvalue weighted by Gasteiger charge is 2.62. The lowest BCUT2D eigenvalue weighted by molar-refractivity contribution is -0.142. The third kappa shape index (κ3) is 4.64. The van der Waals surface area contributed by atoms with E-state index in [1.165, 1.54) is 36.4 Å². The van der Waals surface area contributed by atoms with Crippen LogP contribution in [0.1, 0.15) is 26.9 Å². The summed E-state index contributed by atoms with van der Waals surface area (Å²) in [6.07, 6.45) is -5.20. The number of carbonyl (C=O) groups excluding carboxylic acids is 2. The minimum absolute atomic E-state index is 0.0167. The highest BCUT2D eigenvalue weighted by atomic mass is 19.3. The number of halogens is 2. The number of hydrogen-bond donors (Lipinski definition) is 1. The highest BCUT2D eigenvalue weighted by Crippen LogP contribution is 2.44. The molecule has 0 saturated carbocycles. The summed E-state index contributed by atoms with van der Waals surface area (Å²) >= 11 is 0. The van der Waals surface area contributed by atoms with Gasteiger partial charge in [-0.05, 0) is 24.3 Å². The molecule has 1 aliphatic rings. The molecule has 1 fully saturated rings. The van der Waals surface area contributed by atoms with Gasteiger partial charge in [-0.15, -0.1) is 0 Å². The summed E-state index contributed by atoms with van der Waals surface area (Å²) in [5, 5.41) is 0. The Morgan fingerprint density at radius 3 is 2.12 bits per heavy atom. The average Bonchev–Trinajstić information content (AvgIpc) is 3.08. The largest absolute Gasteiger partial charge is 0.459 e. The summed E-state index contributed by atoms with van der Waals surface area (Å²) in [4.78, 5) is 50.1. The van der Waals surface area contributed by atoms with Crippen molar-refractivity contribution in [1.29, 1.82) is 0 Å². The summed E-state index contributed by atoms with van der Waals surface area (Å²) in [5.74, 6) is -5.77. The summed E-state index contributed by atoms with van der Waals surface area (Å²) in [6.45, 7) is -0.690. The van der Waals surface area contributed by atoms with E-state index >= 15 is 8.78 Å². The number of H-pyrrole nitrogens is 1. The molecule has 3 atom stereocenters. The summed E-state index contributed by atoms with van der Waals surface area (Å²) < 4.78 is 46.9. The van der Waals surface area contributed by atoms with Gasteiger partial charge in [0.15, 0.2) is 6.10 Å². The number of carbonyl (C=O) groups is 2. The lowest BCUT2D eigenvalue weighted by atomic mass is 10.1. The number of ether oxygens (including phenoxy) is 3. The predicted octanol–water partition coefficient (Wildman–Crippen LogP) is 2.15. The number of nitrogens with zero attached hydrogens (tertiary/aromatic N) is 1. The van der Waals surface area contributed by atoms with Crippen molar-refractivity contribution in [3.63, 3.8) is 0 Å². The summed E-state index contributed by atoms with van der Waals surface area (Å²) in [5.41, 5.74) is -1.74. The van der Waals surface area contributed by atoms with E-state index in [0.29, 0.717) is 4.57 Å². The van der Waals surface area contributed by atoms with Crippen LogP contribution >= 0.6 is 0 Å². The molecule has 0 radical (unpaired) electrons. The van der Waals surface area contributed by atoms with Crippen molar-refractivity contribution in [2.45, 2.75) is 24.4 Å². The van der Waals surface area contributed by atoms with Crippen molar-refractivity contribution >= 4 is 11.9 Å². The van der Waals surface area contributed by atoms with Gasteiger partial charge in [-0.25, -0.2) is 14.4 Å². The number of aromatic amines is 1. The van der Waals surface area contributed by atoms with Crippen molar-refractivity contribution in [2.75, 3.05) is 6.61 Å². The van der Waals surface area contributed by atoms with Gasteiger partial charge in [-0.1, -0.05) is 36.4 Å². The van der Waals surface area contributed by atoms with E-state index in [1.54, 1.807) is 24.3 Å². The minimum atomic E-state index is -3.92. The Kier molecular flexibility index (Phi) is 6.37. The van der Waals surface area contributed by atoms with Crippen LogP contribution < -0.4 is 11.2 Å². The Hall–Kier alpha value is -4.12. The molecule has 1 saturated heterocycles. The van der Waals surface area contributed by atoms with E-state index < -0.39 is 54.2 Å². The average molecular weight is 472 g/mol. The minimum Gasteiger partial charge on any atom is -0.459 e. The molecular weight excluding hydrogens is 454 g/mol. The van der Waals surface area contributed by atoms with E-state index in [9.17, 15) is 19.2 Å². The van der Waals surface area contributed by atoms with Crippen molar-refractivity contribution < 1.29 is 32.6 Å². The van der Waals surface area contributed by atoms with Crippen molar-refractivity contribution in [3.8, 4) is 0 Å². The molecule has 1 N–H and O–H groups in total. The molecule has 11 heteroatoms. The normalized spacial score (nSPS) is 21.1. The Morgan fingerprint density at radius 2 is 1.53 bits per heavy atom. The maximum atomic E-state index is 15.4. The van der Waals surface area contributed by atoms with Crippen LogP contribution in [0.25, 0.3) is 0 Å². The zero-order chi connectivity index (χ0) is 24.3. The first-order valence-electron chi connectivity index (χ1n) is 10.1. The molecule has 1 aliphatic heterocycles. The number of benzene rings is 2. The molecule has 9 nitrogen and oxygen atoms in total. The maximum absolute atomic E-state index is 15.4. The van der Waals surface area contributed by atoms with E-state index in [-0.39, 0.29) is 11.1 Å². The van der Waals surface area contributed by atoms with Crippen LogP contribution in [-0.2, 0) is 14.2 Å². The molecule has 0 unspecified atom stereocenters. The van der Waals surface area contributed by atoms with Gasteiger partial charge in [0, 0.05) is 12.3 Å². The monoisotopic (exact) mass is 472 g/mol. The fourth-order valence-electron chi connectivity index (χ4n) is 3.43. The second kappa shape index (κ2) is 9.40. The Balaban J connectivity index is 1.62. The number of aromatic nitrogens is 2. The van der Waals surface area contributed by atoms with Crippen molar-refractivity contribution in [1.82, 2.24) is 9.55 Å². The van der Waals surface area contributed by atoms with E-state index in [4.69, 9.17) is 14.2 Å². The van der Waals surface area contributed by atoms with Crippen LogP contribution in [0.2, 0.25) is 0 Å². The molecule has 0 aliphatic carbocycles. The lowest BCUT2D eigenvalue weighted by Crippen LogP contribution is -2.45. The molecule has 0 bridgehead atoms. The van der Waals surface area contributed by atoms with Gasteiger partial charge in [-0.2, -0.15) is 8.78 Å². The fourth-order valence-corrected chi connectivity index (χ4v) is 3.43. The molecule has 0 spiro atoms. The van der Waals surface area contributed by atoms with Gasteiger partial charge in [0.05, 0.1) is 11.1 Å². The summed E-state index contributed by atoms with van der Waals surface area (Å²) in [7, 11) is 0. The van der Waals surface area contributed by atoms with Gasteiger partial charge < -0.3 is 14.2 Å². The topological polar surface area (TPSA) is 117 Å². The van der Waals surface area contributed by atoms with Gasteiger partial charge >= 0.3 is 23.6 Å². The predicted molar refractivity (Wildman–Crippen MR) is 113 cm³/mol. The molecule has 2 aromatic carbocycles. The first-order valence-corrected chi connectivity index (χ1v) is 10.1. The molecule has 34 heavy (non-hydrogen) atoms. The number of alkyl halides is 2. The number of nitrogens with one attached hydrogen (secondary N) is 1. The second-order valence-electron chi connectivity index (χ2n) is 7.38. The zero-order valence-electron chi connectivity index (χ0n) is 17.4. The van der Waals surface area contributed by atoms with Crippen LogP contribution in [0.4, 0.5) is 8.78 Å². The molecule has 0 amide bonds. The fraction of sp³-hybridized carbons (Fsp3) is 0.217. The van der Waals surface area contributed by atoms with Crippen LogP contribution in [0.15, 0.2) is 82.5 Å². The SMILES string of the molecule is O=C(OC[C@@H]1O[C@@H](n2ccc(=O)[nH]c2=O)C(F)(F)[C@@H]1OC(=O)c1ccccc1)c1ccccc1. The number of rotatable bonds is 6. The van der Waals surface area contributed by atoms with Crippen LogP contribution in [-0.4, -0.2) is 46.2 Å². The van der Waals surface area contributed by atoms with Gasteiger partial charge in [0.2, 0.25) is 6.23 Å². The lowest BCUT2D eigenvalue weighted by Gasteiger charge is -2.24. The molecule has 1 aromatic heterocycles. The highest BCUT2D eigenvalue weighted by molar-refractivity contribution is 5.90. The zero-order valence-corrected chi connectivity index (χ0v) is 17.4. The second-order valence-corrected chi connectivity index (χ2v) is 7.38. The third-order valence-corrected chi connectivity index (χ3v) is 5.09. The standard InChI is InChI=1S/C23H18F2N2O7/c24-23(25)18(34-20(30)15-9-5-2-6-10-15)16(13-32-19(29)14-7-3-1-4-8-14)33-21(23)27-12-11-17(28)26-22(27)31/h1-12,16,18,21H,13H2,(H,26,28,31)/t16-,18+,21+/m0/s1. The Bertz CT molecular complexity index is 1290. The Labute approximate surface area is 190 Å². The van der Waals surface area contributed by atoms with Gasteiger partial charge in [0.25, 0.3) is 5.56 Å². The molecule has 3 aromatic rings. The van der Waals surface area contributed by atoms with E-state index in [2.05, 4.69) is 0 Å². The van der Waals surface area contributed by atoms with Crippen molar-refractivity contribution in [2.24, 2.45) is 0 Å². The quantitative estimate of drug-likeness (QED) is 0.547. The maximum Gasteiger partial charge on any atom is 0.338 e. The smallest absolute Gasteiger partial charge is 0.338 e. The third-order valence-electron chi connectivity index (χ3n) is 5.09. The van der Waals surface area contributed by atoms with E-state index in [0.717, 1.165) is 12.3 Å². The summed E-state index contributed by atoms with van der Waals surface area (Å²) in [6, 6.07) is 16.1. The molecule has 176 valence electrons. The van der Waals surface area contributed by atoms with Crippen LogP contribution in [0, 0.1) is 0 Å². The number of esters is 2. The Morgan fingerprint density at radius 1 is 0.941 bits per heavy atom. The molecule has 4 rings (SSSR count). The van der Waals surface area contributed by atoms with Crippen molar-refractivity contribution in [3.05, 3.63) is 105 Å². The van der Waals surface area contributed by atoms with Crippen LogP contribution in [0.3, 0.4) is 0 Å². The van der Waals surface area contributed by atoms with Gasteiger partial charge in [-0.3, -0.25) is 14.3 Å². The molecule has 2 heterocycles. The van der Waals surface area contributed by atoms with Crippen LogP contribution in [0.5, 0.6) is 0 Å². The first-order chi connectivity index (χ1) is 16.3. The van der Waals surface area contributed by atoms with E-state index in [1.807, 2.05) is 4.98 Å². The van der Waals surface area contributed by atoms with Gasteiger partial charge in [0.1, 0.15) is 12.7 Å². The first kappa shape index (κ1) is 23.1. The molecular formula is C23H18F2N2O7.